The Morgan fingerprint density at radius 2 is 1.79 bits per heavy atom. The highest BCUT2D eigenvalue weighted by Gasteiger charge is 2.25. The molecule has 34 heavy (non-hydrogen) atoms. The van der Waals surface area contributed by atoms with Gasteiger partial charge in [0.2, 0.25) is 11.8 Å². The molecule has 2 heterocycles. The molecule has 0 aliphatic carbocycles. The lowest BCUT2D eigenvalue weighted by molar-refractivity contribution is -0.116. The molecule has 0 spiro atoms. The molecule has 3 aromatic rings. The van der Waals surface area contributed by atoms with Crippen LogP contribution in [0.3, 0.4) is 0 Å². The maximum absolute atomic E-state index is 13.2. The van der Waals surface area contributed by atoms with Gasteiger partial charge in [-0.05, 0) is 55.2 Å². The Bertz CT molecular complexity index is 1380. The maximum atomic E-state index is 13.2. The summed E-state index contributed by atoms with van der Waals surface area (Å²) in [7, 11) is -2.76. The Labute approximate surface area is 197 Å². The van der Waals surface area contributed by atoms with Crippen molar-refractivity contribution in [3.63, 3.8) is 0 Å². The van der Waals surface area contributed by atoms with Gasteiger partial charge in [0.25, 0.3) is 15.9 Å². The van der Waals surface area contributed by atoms with Crippen LogP contribution in [0.5, 0.6) is 5.88 Å². The molecule has 0 saturated heterocycles. The van der Waals surface area contributed by atoms with Gasteiger partial charge in [-0.2, -0.15) is 0 Å². The fourth-order valence-electron chi connectivity index (χ4n) is 3.85. The number of nitrogens with zero attached hydrogens (tertiary/aromatic N) is 1. The lowest BCUT2D eigenvalue weighted by Crippen LogP contribution is -2.23. The summed E-state index contributed by atoms with van der Waals surface area (Å²) in [6.07, 6.45) is 2.05. The zero-order chi connectivity index (χ0) is 24.5. The van der Waals surface area contributed by atoms with Crippen molar-refractivity contribution in [3.05, 3.63) is 70.9 Å². The first-order chi connectivity index (χ1) is 16.2. The number of hydrogen-bond acceptors (Lipinski definition) is 6. The van der Waals surface area contributed by atoms with Crippen molar-refractivity contribution in [1.82, 2.24) is 4.98 Å². The van der Waals surface area contributed by atoms with E-state index in [1.165, 1.54) is 19.4 Å². The molecule has 9 nitrogen and oxygen atoms in total. The van der Waals surface area contributed by atoms with Gasteiger partial charge in [-0.1, -0.05) is 24.3 Å². The van der Waals surface area contributed by atoms with Crippen LogP contribution in [0.2, 0.25) is 0 Å². The van der Waals surface area contributed by atoms with Crippen molar-refractivity contribution in [3.8, 4) is 5.88 Å². The number of hydrogen-bond donors (Lipinski definition) is 3. The van der Waals surface area contributed by atoms with E-state index in [4.69, 9.17) is 4.74 Å². The molecule has 1 aliphatic heterocycles. The van der Waals surface area contributed by atoms with E-state index >= 15 is 0 Å². The Morgan fingerprint density at radius 3 is 2.50 bits per heavy atom. The smallest absolute Gasteiger partial charge is 0.267 e. The van der Waals surface area contributed by atoms with Crippen molar-refractivity contribution >= 4 is 38.9 Å². The molecule has 4 rings (SSSR count). The molecular formula is C24H24N4O5S. The van der Waals surface area contributed by atoms with Gasteiger partial charge in [-0.15, -0.1) is 0 Å². The highest BCUT2D eigenvalue weighted by Crippen LogP contribution is 2.30. The molecular weight excluding hydrogens is 456 g/mol. The van der Waals surface area contributed by atoms with Crippen LogP contribution in [-0.2, 0) is 21.2 Å². The molecule has 0 fully saturated rings. The number of anilines is 3. The molecule has 1 aromatic heterocycles. The largest absolute Gasteiger partial charge is 0.480 e. The van der Waals surface area contributed by atoms with Crippen LogP contribution in [0.15, 0.2) is 53.6 Å². The number of carbonyl (C=O) groups is 2. The van der Waals surface area contributed by atoms with Gasteiger partial charge in [0.15, 0.2) is 4.90 Å². The number of pyridine rings is 1. The lowest BCUT2D eigenvalue weighted by atomic mass is 9.97. The van der Waals surface area contributed by atoms with Crippen molar-refractivity contribution in [2.45, 2.75) is 31.6 Å². The fourth-order valence-corrected chi connectivity index (χ4v) is 5.20. The third-order valence-electron chi connectivity index (χ3n) is 5.57. The van der Waals surface area contributed by atoms with Crippen LogP contribution in [0.25, 0.3) is 0 Å². The summed E-state index contributed by atoms with van der Waals surface area (Å²) in [5.74, 6) is -0.641. The Morgan fingerprint density at radius 1 is 1.09 bits per heavy atom. The fraction of sp³-hybridized carbons (Fsp3) is 0.208. The molecule has 1 aliphatic rings. The van der Waals surface area contributed by atoms with Crippen LogP contribution in [-0.4, -0.2) is 32.3 Å². The van der Waals surface area contributed by atoms with Gasteiger partial charge >= 0.3 is 0 Å². The third kappa shape index (κ3) is 4.58. The molecule has 10 heteroatoms. The van der Waals surface area contributed by atoms with Gasteiger partial charge in [-0.25, -0.2) is 13.4 Å². The van der Waals surface area contributed by atoms with Crippen molar-refractivity contribution in [2.24, 2.45) is 0 Å². The van der Waals surface area contributed by atoms with E-state index in [2.05, 4.69) is 20.3 Å². The molecule has 0 saturated carbocycles. The topological polar surface area (TPSA) is 126 Å². The Hall–Kier alpha value is -3.92. The summed E-state index contributed by atoms with van der Waals surface area (Å²) in [5.41, 5.74) is 3.90. The SMILES string of the molecule is COc1ncc(NC(=O)c2cccc3c2CCC(=O)N3)cc1S(=O)(=O)Nc1c(C)cccc1C. The normalized spacial score (nSPS) is 13.0. The van der Waals surface area contributed by atoms with Gasteiger partial charge in [0.1, 0.15) is 0 Å². The number of aromatic nitrogens is 1. The van der Waals surface area contributed by atoms with Crippen LogP contribution in [0.1, 0.15) is 33.5 Å². The van der Waals surface area contributed by atoms with Gasteiger partial charge < -0.3 is 15.4 Å². The Balaban J connectivity index is 1.65. The zero-order valence-electron chi connectivity index (χ0n) is 18.9. The average Bonchev–Trinajstić information content (AvgIpc) is 2.81. The van der Waals surface area contributed by atoms with Gasteiger partial charge in [0.05, 0.1) is 24.7 Å². The maximum Gasteiger partial charge on any atom is 0.267 e. The number of aryl methyl sites for hydroxylation is 2. The molecule has 176 valence electrons. The number of fused-ring (bicyclic) bond motifs is 1. The molecule has 0 radical (unpaired) electrons. The highest BCUT2D eigenvalue weighted by atomic mass is 32.2. The summed E-state index contributed by atoms with van der Waals surface area (Å²) >= 11 is 0. The molecule has 0 bridgehead atoms. The first kappa shape index (κ1) is 23.2. The number of methoxy groups -OCH3 is 1. The van der Waals surface area contributed by atoms with E-state index in [0.29, 0.717) is 23.4 Å². The predicted octanol–water partition coefficient (Wildman–Crippen LogP) is 3.64. The quantitative estimate of drug-likeness (QED) is 0.494. The molecule has 0 atom stereocenters. The first-order valence-electron chi connectivity index (χ1n) is 10.6. The van der Waals surface area contributed by atoms with Crippen LogP contribution in [0.4, 0.5) is 17.1 Å². The van der Waals surface area contributed by atoms with E-state index in [-0.39, 0.29) is 28.8 Å². The number of sulfonamides is 1. The summed E-state index contributed by atoms with van der Waals surface area (Å²) in [5, 5.41) is 5.47. The second kappa shape index (κ2) is 9.14. The van der Waals surface area contributed by atoms with Crippen LogP contribution < -0.4 is 20.1 Å². The van der Waals surface area contributed by atoms with Crippen molar-refractivity contribution in [2.75, 3.05) is 22.5 Å². The number of ether oxygens (including phenoxy) is 1. The molecule has 2 aromatic carbocycles. The predicted molar refractivity (Wildman–Crippen MR) is 129 cm³/mol. The third-order valence-corrected chi connectivity index (χ3v) is 6.92. The van der Waals surface area contributed by atoms with Crippen LogP contribution >= 0.6 is 0 Å². The van der Waals surface area contributed by atoms with Crippen LogP contribution in [0, 0.1) is 13.8 Å². The highest BCUT2D eigenvalue weighted by molar-refractivity contribution is 7.92. The monoisotopic (exact) mass is 480 g/mol. The first-order valence-corrected chi connectivity index (χ1v) is 12.0. The van der Waals surface area contributed by atoms with E-state index in [1.54, 1.807) is 44.2 Å². The summed E-state index contributed by atoms with van der Waals surface area (Å²) in [4.78, 5) is 28.6. The molecule has 0 unspecified atom stereocenters. The van der Waals surface area contributed by atoms with Gasteiger partial charge in [0, 0.05) is 17.7 Å². The van der Waals surface area contributed by atoms with E-state index in [0.717, 1.165) is 16.7 Å². The number of nitrogens with one attached hydrogen (secondary N) is 3. The Kier molecular flexibility index (Phi) is 6.25. The summed E-state index contributed by atoms with van der Waals surface area (Å²) in [6.45, 7) is 3.61. The second-order valence-electron chi connectivity index (χ2n) is 7.94. The second-order valence-corrected chi connectivity index (χ2v) is 9.59. The zero-order valence-corrected chi connectivity index (χ0v) is 19.7. The minimum atomic E-state index is -4.08. The average molecular weight is 481 g/mol. The van der Waals surface area contributed by atoms with Crippen molar-refractivity contribution in [1.29, 1.82) is 0 Å². The van der Waals surface area contributed by atoms with Gasteiger partial charge in [-0.3, -0.25) is 14.3 Å². The van der Waals surface area contributed by atoms with E-state index < -0.39 is 15.9 Å². The summed E-state index contributed by atoms with van der Waals surface area (Å²) in [6, 6.07) is 11.8. The van der Waals surface area contributed by atoms with E-state index in [9.17, 15) is 18.0 Å². The van der Waals surface area contributed by atoms with E-state index in [1.807, 2.05) is 6.07 Å². The molecule has 3 N–H and O–H groups in total. The lowest BCUT2D eigenvalue weighted by Gasteiger charge is -2.19. The number of rotatable bonds is 6. The number of amides is 2. The number of benzene rings is 2. The minimum absolute atomic E-state index is 0.100. The summed E-state index contributed by atoms with van der Waals surface area (Å²) < 4.78 is 34.2. The van der Waals surface area contributed by atoms with Crippen molar-refractivity contribution < 1.29 is 22.7 Å². The standard InChI is InChI=1S/C24H24N4O5S/c1-14-6-4-7-15(2)22(14)28-34(31,32)20-12-16(13-25-24(20)33-3)26-23(30)18-8-5-9-19-17(18)10-11-21(29)27-19/h4-9,12-13,28H,10-11H2,1-3H3,(H,26,30)(H,27,29). The number of para-hydroxylation sites is 1. The number of carbonyl (C=O) groups excluding carboxylic acids is 2. The molecule has 2 amide bonds. The minimum Gasteiger partial charge on any atom is -0.480 e.